The topological polar surface area (TPSA) is 66.9 Å². The molecular formula is C17H20N4O. The normalized spacial score (nSPS) is 10.0. The molecular weight excluding hydrogens is 276 g/mol. The second kappa shape index (κ2) is 8.56. The maximum Gasteiger partial charge on any atom is 0.270 e. The largest absolute Gasteiger partial charge is 0.351 e. The second-order valence-corrected chi connectivity index (χ2v) is 4.78. The molecule has 0 radical (unpaired) electrons. The van der Waals surface area contributed by atoms with E-state index < -0.39 is 0 Å². The molecule has 0 unspecified atom stereocenters. The smallest absolute Gasteiger partial charge is 0.270 e. The standard InChI is InChI=1S/C17H20N4O/c1-2-11-19-17-20-13-10-15(21-17)16(22)18-12-6-9-14-7-4-3-5-8-14/h2-5,7-8,10,13H,1,6,9,11-12H2,(H,18,22)(H,19,20,21). The molecule has 114 valence electrons. The lowest BCUT2D eigenvalue weighted by Crippen LogP contribution is -2.26. The van der Waals surface area contributed by atoms with E-state index in [1.807, 2.05) is 18.2 Å². The number of hydrogen-bond acceptors (Lipinski definition) is 4. The van der Waals surface area contributed by atoms with Gasteiger partial charge in [-0.15, -0.1) is 6.58 Å². The van der Waals surface area contributed by atoms with Gasteiger partial charge >= 0.3 is 0 Å². The maximum atomic E-state index is 12.0. The summed E-state index contributed by atoms with van der Waals surface area (Å²) in [6, 6.07) is 11.8. The summed E-state index contributed by atoms with van der Waals surface area (Å²) >= 11 is 0. The number of amides is 1. The van der Waals surface area contributed by atoms with Crippen molar-refractivity contribution in [2.75, 3.05) is 18.4 Å². The molecule has 1 heterocycles. The van der Waals surface area contributed by atoms with Crippen molar-refractivity contribution in [3.8, 4) is 0 Å². The van der Waals surface area contributed by atoms with Crippen molar-refractivity contribution in [1.82, 2.24) is 15.3 Å². The van der Waals surface area contributed by atoms with Crippen LogP contribution in [0.4, 0.5) is 5.95 Å². The number of anilines is 1. The first-order valence-corrected chi connectivity index (χ1v) is 7.29. The van der Waals surface area contributed by atoms with Gasteiger partial charge in [-0.3, -0.25) is 4.79 Å². The number of aromatic nitrogens is 2. The van der Waals surface area contributed by atoms with E-state index in [4.69, 9.17) is 0 Å². The van der Waals surface area contributed by atoms with Crippen LogP contribution in [-0.4, -0.2) is 29.0 Å². The van der Waals surface area contributed by atoms with E-state index in [9.17, 15) is 4.79 Å². The Bertz CT molecular complexity index is 613. The zero-order valence-electron chi connectivity index (χ0n) is 12.5. The summed E-state index contributed by atoms with van der Waals surface area (Å²) in [6.45, 7) is 4.79. The van der Waals surface area contributed by atoms with Gasteiger partial charge in [0, 0.05) is 19.3 Å². The SMILES string of the molecule is C=CCNc1nccc(C(=O)NCCCc2ccccc2)n1. The fourth-order valence-corrected chi connectivity index (χ4v) is 1.96. The Balaban J connectivity index is 1.78. The van der Waals surface area contributed by atoms with Gasteiger partial charge in [0.1, 0.15) is 5.69 Å². The van der Waals surface area contributed by atoms with Crippen molar-refractivity contribution in [3.05, 3.63) is 66.5 Å². The predicted octanol–water partition coefficient (Wildman–Crippen LogP) is 2.44. The Kier molecular flexibility index (Phi) is 6.11. The van der Waals surface area contributed by atoms with Gasteiger partial charge in [0.15, 0.2) is 0 Å². The number of nitrogens with zero attached hydrogens (tertiary/aromatic N) is 2. The highest BCUT2D eigenvalue weighted by molar-refractivity contribution is 5.92. The molecule has 1 aromatic carbocycles. The first-order chi connectivity index (χ1) is 10.8. The molecule has 0 saturated carbocycles. The highest BCUT2D eigenvalue weighted by Crippen LogP contribution is 2.03. The van der Waals surface area contributed by atoms with Gasteiger partial charge in [0.25, 0.3) is 5.91 Å². The molecule has 0 bridgehead atoms. The van der Waals surface area contributed by atoms with Crippen molar-refractivity contribution in [1.29, 1.82) is 0 Å². The van der Waals surface area contributed by atoms with E-state index in [1.54, 1.807) is 18.3 Å². The summed E-state index contributed by atoms with van der Waals surface area (Å²) in [5.41, 5.74) is 1.64. The lowest BCUT2D eigenvalue weighted by molar-refractivity contribution is 0.0948. The molecule has 1 aromatic heterocycles. The van der Waals surface area contributed by atoms with Crippen molar-refractivity contribution < 1.29 is 4.79 Å². The summed E-state index contributed by atoms with van der Waals surface area (Å²) in [5, 5.41) is 5.83. The number of carbonyl (C=O) groups excluding carboxylic acids is 1. The second-order valence-electron chi connectivity index (χ2n) is 4.78. The Morgan fingerprint density at radius 1 is 1.23 bits per heavy atom. The molecule has 22 heavy (non-hydrogen) atoms. The fraction of sp³-hybridized carbons (Fsp3) is 0.235. The number of hydrogen-bond donors (Lipinski definition) is 2. The number of benzene rings is 1. The zero-order valence-corrected chi connectivity index (χ0v) is 12.5. The minimum Gasteiger partial charge on any atom is -0.351 e. The van der Waals surface area contributed by atoms with Crippen LogP contribution >= 0.6 is 0 Å². The van der Waals surface area contributed by atoms with E-state index in [0.717, 1.165) is 12.8 Å². The predicted molar refractivity (Wildman–Crippen MR) is 87.8 cm³/mol. The van der Waals surface area contributed by atoms with E-state index in [0.29, 0.717) is 24.7 Å². The molecule has 5 nitrogen and oxygen atoms in total. The summed E-state index contributed by atoms with van der Waals surface area (Å²) in [6.07, 6.45) is 5.11. The molecule has 2 rings (SSSR count). The average Bonchev–Trinajstić information content (AvgIpc) is 2.58. The lowest BCUT2D eigenvalue weighted by Gasteiger charge is -2.06. The molecule has 0 fully saturated rings. The zero-order chi connectivity index (χ0) is 15.6. The Morgan fingerprint density at radius 2 is 2.05 bits per heavy atom. The molecule has 0 atom stereocenters. The quantitative estimate of drug-likeness (QED) is 0.580. The van der Waals surface area contributed by atoms with Crippen LogP contribution in [0.5, 0.6) is 0 Å². The third kappa shape index (κ3) is 5.01. The number of carbonyl (C=O) groups is 1. The molecule has 2 N–H and O–H groups in total. The van der Waals surface area contributed by atoms with Crippen LogP contribution in [0.15, 0.2) is 55.3 Å². The van der Waals surface area contributed by atoms with Crippen LogP contribution in [0.2, 0.25) is 0 Å². The van der Waals surface area contributed by atoms with E-state index in [-0.39, 0.29) is 5.91 Å². The molecule has 0 aliphatic heterocycles. The average molecular weight is 296 g/mol. The third-order valence-electron chi connectivity index (χ3n) is 3.06. The van der Waals surface area contributed by atoms with Crippen LogP contribution < -0.4 is 10.6 Å². The van der Waals surface area contributed by atoms with Crippen molar-refractivity contribution in [3.63, 3.8) is 0 Å². The summed E-state index contributed by atoms with van der Waals surface area (Å²) in [4.78, 5) is 20.2. The first kappa shape index (κ1) is 15.7. The molecule has 0 aliphatic carbocycles. The minimum atomic E-state index is -0.183. The van der Waals surface area contributed by atoms with Gasteiger partial charge in [0.05, 0.1) is 0 Å². The highest BCUT2D eigenvalue weighted by Gasteiger charge is 2.07. The molecule has 0 spiro atoms. The molecule has 2 aromatic rings. The van der Waals surface area contributed by atoms with Gasteiger partial charge in [-0.2, -0.15) is 0 Å². The molecule has 0 aliphatic rings. The molecule has 5 heteroatoms. The Labute approximate surface area is 130 Å². The van der Waals surface area contributed by atoms with E-state index in [1.165, 1.54) is 5.56 Å². The highest BCUT2D eigenvalue weighted by atomic mass is 16.1. The maximum absolute atomic E-state index is 12.0. The Morgan fingerprint density at radius 3 is 2.82 bits per heavy atom. The number of aryl methyl sites for hydroxylation is 1. The van der Waals surface area contributed by atoms with E-state index >= 15 is 0 Å². The summed E-state index contributed by atoms with van der Waals surface area (Å²) in [5.74, 6) is 0.244. The Hall–Kier alpha value is -2.69. The van der Waals surface area contributed by atoms with Crippen LogP contribution in [0.25, 0.3) is 0 Å². The van der Waals surface area contributed by atoms with Crippen LogP contribution in [0.1, 0.15) is 22.5 Å². The third-order valence-corrected chi connectivity index (χ3v) is 3.06. The van der Waals surface area contributed by atoms with Gasteiger partial charge < -0.3 is 10.6 Å². The van der Waals surface area contributed by atoms with Crippen molar-refractivity contribution >= 4 is 11.9 Å². The van der Waals surface area contributed by atoms with Gasteiger partial charge in [-0.25, -0.2) is 9.97 Å². The minimum absolute atomic E-state index is 0.183. The molecule has 0 saturated heterocycles. The summed E-state index contributed by atoms with van der Waals surface area (Å²) < 4.78 is 0. The van der Waals surface area contributed by atoms with Gasteiger partial charge in [-0.05, 0) is 24.5 Å². The monoisotopic (exact) mass is 296 g/mol. The summed E-state index contributed by atoms with van der Waals surface area (Å²) in [7, 11) is 0. The van der Waals surface area contributed by atoms with Crippen LogP contribution in [0.3, 0.4) is 0 Å². The van der Waals surface area contributed by atoms with Crippen LogP contribution in [-0.2, 0) is 6.42 Å². The van der Waals surface area contributed by atoms with Crippen LogP contribution in [0, 0.1) is 0 Å². The number of rotatable bonds is 8. The first-order valence-electron chi connectivity index (χ1n) is 7.29. The van der Waals surface area contributed by atoms with Gasteiger partial charge in [0.2, 0.25) is 5.95 Å². The molecule has 1 amide bonds. The van der Waals surface area contributed by atoms with Crippen molar-refractivity contribution in [2.24, 2.45) is 0 Å². The van der Waals surface area contributed by atoms with E-state index in [2.05, 4.69) is 39.3 Å². The van der Waals surface area contributed by atoms with Gasteiger partial charge in [-0.1, -0.05) is 36.4 Å². The van der Waals surface area contributed by atoms with Crippen molar-refractivity contribution in [2.45, 2.75) is 12.8 Å². The fourth-order valence-electron chi connectivity index (χ4n) is 1.96. The number of nitrogens with one attached hydrogen (secondary N) is 2. The lowest BCUT2D eigenvalue weighted by atomic mass is 10.1.